The molecule has 0 bridgehead atoms. The molecule has 0 saturated carbocycles. The topological polar surface area (TPSA) is 71.1 Å². The SMILES string of the molecule is CC.CC.CC(=O)Oc1cc[c-]cc1.COCOC(C)=O.COc1cc[c-]cc1.[W+2]. The average Bonchev–Trinajstić information content (AvgIpc) is 2.77. The van der Waals surface area contributed by atoms with Crippen LogP contribution < -0.4 is 9.47 Å². The van der Waals surface area contributed by atoms with Gasteiger partial charge in [0.1, 0.15) is 0 Å². The van der Waals surface area contributed by atoms with Gasteiger partial charge < -0.3 is 18.9 Å². The van der Waals surface area contributed by atoms with E-state index in [2.05, 4.69) is 21.6 Å². The van der Waals surface area contributed by atoms with Crippen LogP contribution >= 0.6 is 0 Å². The fraction of sp³-hybridized carbons (Fsp3) is 0.391. The molecule has 0 aromatic heterocycles. The molecule has 0 fully saturated rings. The molecule has 30 heavy (non-hydrogen) atoms. The van der Waals surface area contributed by atoms with Crippen LogP contribution in [0.5, 0.6) is 11.5 Å². The number of methoxy groups -OCH3 is 2. The summed E-state index contributed by atoms with van der Waals surface area (Å²) in [4.78, 5) is 20.3. The number of carbonyl (C=O) groups is 2. The van der Waals surface area contributed by atoms with Crippen LogP contribution in [0.2, 0.25) is 0 Å². The third-order valence-corrected chi connectivity index (χ3v) is 2.25. The van der Waals surface area contributed by atoms with Crippen LogP contribution in [0.3, 0.4) is 0 Å². The summed E-state index contributed by atoms with van der Waals surface area (Å²) in [7, 11) is 3.11. The third-order valence-electron chi connectivity index (χ3n) is 2.25. The van der Waals surface area contributed by atoms with Crippen LogP contribution in [0.25, 0.3) is 0 Å². The molecule has 0 saturated heterocycles. The zero-order valence-electron chi connectivity index (χ0n) is 19.2. The maximum absolute atomic E-state index is 10.4. The van der Waals surface area contributed by atoms with Crippen LogP contribution in [0.15, 0.2) is 48.5 Å². The number of hydrogen-bond donors (Lipinski definition) is 0. The van der Waals surface area contributed by atoms with Crippen molar-refractivity contribution in [2.45, 2.75) is 41.5 Å². The summed E-state index contributed by atoms with van der Waals surface area (Å²) in [6.45, 7) is 10.8. The Hall–Kier alpha value is -2.17. The largest absolute Gasteiger partial charge is 2.00 e. The Kier molecular flexibility index (Phi) is 34.1. The summed E-state index contributed by atoms with van der Waals surface area (Å²) in [5, 5.41) is 0. The maximum Gasteiger partial charge on any atom is 2.00 e. The molecule has 7 heteroatoms. The van der Waals surface area contributed by atoms with E-state index in [4.69, 9.17) is 9.47 Å². The summed E-state index contributed by atoms with van der Waals surface area (Å²) in [6, 6.07) is 19.8. The van der Waals surface area contributed by atoms with Crippen molar-refractivity contribution in [3.63, 3.8) is 0 Å². The van der Waals surface area contributed by atoms with Gasteiger partial charge in [-0.05, 0) is 0 Å². The van der Waals surface area contributed by atoms with E-state index < -0.39 is 0 Å². The van der Waals surface area contributed by atoms with Gasteiger partial charge in [-0.15, -0.1) is 24.3 Å². The average molecular weight is 590 g/mol. The first-order chi connectivity index (χ1) is 14.0. The van der Waals surface area contributed by atoms with Gasteiger partial charge in [-0.1, -0.05) is 27.7 Å². The molecule has 0 atom stereocenters. The minimum Gasteiger partial charge on any atom is -0.522 e. The van der Waals surface area contributed by atoms with E-state index in [9.17, 15) is 9.59 Å². The predicted molar refractivity (Wildman–Crippen MR) is 115 cm³/mol. The van der Waals surface area contributed by atoms with Gasteiger partial charge in [-0.2, -0.15) is 36.4 Å². The molecule has 2 aromatic rings. The van der Waals surface area contributed by atoms with E-state index in [1.54, 1.807) is 31.4 Å². The molecule has 2 rings (SSSR count). The van der Waals surface area contributed by atoms with Crippen molar-refractivity contribution in [2.75, 3.05) is 21.0 Å². The number of ether oxygens (including phenoxy) is 4. The molecule has 0 spiro atoms. The molecule has 0 amide bonds. The number of hydrogen-bond acceptors (Lipinski definition) is 6. The van der Waals surface area contributed by atoms with Crippen molar-refractivity contribution >= 4 is 11.9 Å². The quantitative estimate of drug-likeness (QED) is 0.214. The van der Waals surface area contributed by atoms with Gasteiger partial charge in [0, 0.05) is 32.5 Å². The van der Waals surface area contributed by atoms with Crippen molar-refractivity contribution < 1.29 is 49.6 Å². The second kappa shape index (κ2) is 29.0. The Balaban J connectivity index is -0.000000155. The molecular formula is C23H34O6W. The second-order valence-corrected chi connectivity index (χ2v) is 4.31. The summed E-state index contributed by atoms with van der Waals surface area (Å²) in [5.41, 5.74) is 0. The van der Waals surface area contributed by atoms with Crippen molar-refractivity contribution in [1.82, 2.24) is 0 Å². The third kappa shape index (κ3) is 28.0. The minimum absolute atomic E-state index is 0. The van der Waals surface area contributed by atoms with Gasteiger partial charge in [-0.3, -0.25) is 9.59 Å². The first-order valence-electron chi connectivity index (χ1n) is 9.26. The molecule has 0 unspecified atom stereocenters. The Bertz CT molecular complexity index is 591. The second-order valence-electron chi connectivity index (χ2n) is 4.31. The van der Waals surface area contributed by atoms with E-state index in [0.717, 1.165) is 5.75 Å². The van der Waals surface area contributed by atoms with Crippen LogP contribution in [0, 0.1) is 12.1 Å². The van der Waals surface area contributed by atoms with Gasteiger partial charge in [0.2, 0.25) is 0 Å². The van der Waals surface area contributed by atoms with E-state index >= 15 is 0 Å². The molecule has 0 aliphatic heterocycles. The fourth-order valence-corrected chi connectivity index (χ4v) is 1.26. The van der Waals surface area contributed by atoms with E-state index in [0.29, 0.717) is 5.75 Å². The summed E-state index contributed by atoms with van der Waals surface area (Å²) in [6.07, 6.45) is 0. The summed E-state index contributed by atoms with van der Waals surface area (Å²) < 4.78 is 18.4. The van der Waals surface area contributed by atoms with Crippen molar-refractivity contribution in [3.05, 3.63) is 60.7 Å². The standard InChI is InChI=1S/C8H7O2.C7H7O.C4H8O3.2C2H6.W/c1-7(9)10-8-5-3-2-4-6-8;1-8-7-5-3-2-4-6-7;1-4(5)7-3-6-2;2*1-2;/h3-6H,1H3;3-6H,1H3;3H2,1-2H3;2*1-2H3;/q2*-1;;;;+2. The molecular weight excluding hydrogens is 556 g/mol. The molecule has 0 N–H and O–H groups in total. The summed E-state index contributed by atoms with van der Waals surface area (Å²) >= 11 is 0. The first kappa shape index (κ1) is 35.3. The Morgan fingerprint density at radius 3 is 1.40 bits per heavy atom. The molecule has 168 valence electrons. The number of carbonyl (C=O) groups excluding carboxylic acids is 2. The van der Waals surface area contributed by atoms with Crippen LogP contribution in [-0.2, 0) is 40.1 Å². The zero-order chi connectivity index (χ0) is 22.9. The van der Waals surface area contributed by atoms with Crippen molar-refractivity contribution in [3.8, 4) is 11.5 Å². The van der Waals surface area contributed by atoms with Crippen LogP contribution in [0.4, 0.5) is 0 Å². The number of esters is 2. The Morgan fingerprint density at radius 1 is 0.767 bits per heavy atom. The molecule has 0 radical (unpaired) electrons. The van der Waals surface area contributed by atoms with Crippen LogP contribution in [-0.4, -0.2) is 33.0 Å². The molecule has 2 aromatic carbocycles. The smallest absolute Gasteiger partial charge is 0.522 e. The normalized spacial score (nSPS) is 7.60. The van der Waals surface area contributed by atoms with Gasteiger partial charge in [0.05, 0.1) is 7.11 Å². The van der Waals surface area contributed by atoms with E-state index in [1.807, 2.05) is 52.0 Å². The van der Waals surface area contributed by atoms with Crippen molar-refractivity contribution in [1.29, 1.82) is 0 Å². The monoisotopic (exact) mass is 590 g/mol. The molecule has 0 aliphatic carbocycles. The predicted octanol–water partition coefficient (Wildman–Crippen LogP) is 5.11. The molecule has 0 aliphatic rings. The van der Waals surface area contributed by atoms with Gasteiger partial charge in [0.25, 0.3) is 0 Å². The van der Waals surface area contributed by atoms with Crippen LogP contribution in [0.1, 0.15) is 41.5 Å². The first-order valence-corrected chi connectivity index (χ1v) is 9.26. The maximum atomic E-state index is 10.4. The zero-order valence-corrected chi connectivity index (χ0v) is 22.1. The van der Waals surface area contributed by atoms with Gasteiger partial charge in [-0.25, -0.2) is 0 Å². The van der Waals surface area contributed by atoms with E-state index in [-0.39, 0.29) is 39.8 Å². The number of rotatable bonds is 4. The minimum atomic E-state index is -0.318. The number of benzene rings is 2. The Labute approximate surface area is 196 Å². The van der Waals surface area contributed by atoms with E-state index in [1.165, 1.54) is 21.0 Å². The van der Waals surface area contributed by atoms with Gasteiger partial charge >= 0.3 is 33.0 Å². The Morgan fingerprint density at radius 2 is 1.17 bits per heavy atom. The van der Waals surface area contributed by atoms with Gasteiger partial charge in [0.15, 0.2) is 6.79 Å². The van der Waals surface area contributed by atoms with Crippen molar-refractivity contribution in [2.24, 2.45) is 0 Å². The fourth-order valence-electron chi connectivity index (χ4n) is 1.26. The summed E-state index contributed by atoms with van der Waals surface area (Å²) in [5.74, 6) is 0.822. The molecule has 6 nitrogen and oxygen atoms in total. The molecule has 0 heterocycles.